The van der Waals surface area contributed by atoms with Crippen molar-refractivity contribution in [3.05, 3.63) is 52.6 Å². The second kappa shape index (κ2) is 7.12. The van der Waals surface area contributed by atoms with Crippen molar-refractivity contribution in [3.63, 3.8) is 0 Å². The SMILES string of the molecule is CCCOc1cccc(/C=N/c2c(C)cc(C)cc2C)c1O. The van der Waals surface area contributed by atoms with Gasteiger partial charge < -0.3 is 9.84 Å². The Kier molecular flexibility index (Phi) is 5.21. The second-order valence-corrected chi connectivity index (χ2v) is 5.55. The van der Waals surface area contributed by atoms with Crippen LogP contribution in [0, 0.1) is 20.8 Å². The highest BCUT2D eigenvalue weighted by atomic mass is 16.5. The first kappa shape index (κ1) is 16.1. The molecular weight excluding hydrogens is 274 g/mol. The lowest BCUT2D eigenvalue weighted by Gasteiger charge is -2.09. The lowest BCUT2D eigenvalue weighted by molar-refractivity contribution is 0.299. The molecule has 0 atom stereocenters. The summed E-state index contributed by atoms with van der Waals surface area (Å²) in [6.07, 6.45) is 2.60. The van der Waals surface area contributed by atoms with Gasteiger partial charge >= 0.3 is 0 Å². The third kappa shape index (κ3) is 3.67. The van der Waals surface area contributed by atoms with Gasteiger partial charge in [-0.3, -0.25) is 4.99 Å². The number of hydrogen-bond donors (Lipinski definition) is 1. The lowest BCUT2D eigenvalue weighted by Crippen LogP contribution is -1.96. The van der Waals surface area contributed by atoms with E-state index in [1.807, 2.05) is 32.9 Å². The van der Waals surface area contributed by atoms with Crippen molar-refractivity contribution < 1.29 is 9.84 Å². The number of para-hydroxylation sites is 1. The summed E-state index contributed by atoms with van der Waals surface area (Å²) >= 11 is 0. The molecule has 0 aliphatic carbocycles. The Hall–Kier alpha value is -2.29. The van der Waals surface area contributed by atoms with Crippen molar-refractivity contribution >= 4 is 11.9 Å². The van der Waals surface area contributed by atoms with Gasteiger partial charge in [0.15, 0.2) is 11.5 Å². The van der Waals surface area contributed by atoms with Crippen molar-refractivity contribution in [2.75, 3.05) is 6.61 Å². The number of aromatic hydroxyl groups is 1. The van der Waals surface area contributed by atoms with Crippen LogP contribution in [-0.4, -0.2) is 17.9 Å². The molecule has 0 saturated heterocycles. The summed E-state index contributed by atoms with van der Waals surface area (Å²) in [5.41, 5.74) is 5.10. The zero-order valence-corrected chi connectivity index (χ0v) is 13.7. The van der Waals surface area contributed by atoms with Crippen molar-refractivity contribution in [2.24, 2.45) is 4.99 Å². The normalized spacial score (nSPS) is 11.1. The average molecular weight is 297 g/mol. The predicted molar refractivity (Wildman–Crippen MR) is 91.8 cm³/mol. The molecule has 3 heteroatoms. The fraction of sp³-hybridized carbons (Fsp3) is 0.316. The maximum absolute atomic E-state index is 10.3. The minimum Gasteiger partial charge on any atom is -0.504 e. The van der Waals surface area contributed by atoms with E-state index in [4.69, 9.17) is 4.74 Å². The van der Waals surface area contributed by atoms with Gasteiger partial charge in [0.25, 0.3) is 0 Å². The maximum atomic E-state index is 10.3. The van der Waals surface area contributed by atoms with Crippen LogP contribution in [0.25, 0.3) is 0 Å². The third-order valence-electron chi connectivity index (χ3n) is 3.46. The molecule has 0 heterocycles. The van der Waals surface area contributed by atoms with Gasteiger partial charge in [-0.05, 0) is 50.5 Å². The average Bonchev–Trinajstić information content (AvgIpc) is 2.46. The first-order chi connectivity index (χ1) is 10.5. The van der Waals surface area contributed by atoms with E-state index in [1.54, 1.807) is 12.3 Å². The Balaban J connectivity index is 2.31. The Morgan fingerprint density at radius 2 is 1.82 bits per heavy atom. The minimum atomic E-state index is 0.141. The summed E-state index contributed by atoms with van der Waals surface area (Å²) in [6.45, 7) is 8.80. The summed E-state index contributed by atoms with van der Waals surface area (Å²) in [5.74, 6) is 0.644. The smallest absolute Gasteiger partial charge is 0.166 e. The number of aliphatic imine (C=N–C) groups is 1. The van der Waals surface area contributed by atoms with E-state index in [9.17, 15) is 5.11 Å². The molecule has 22 heavy (non-hydrogen) atoms. The summed E-state index contributed by atoms with van der Waals surface area (Å²) in [7, 11) is 0. The molecule has 0 amide bonds. The Morgan fingerprint density at radius 3 is 2.45 bits per heavy atom. The van der Waals surface area contributed by atoms with E-state index in [2.05, 4.69) is 24.0 Å². The van der Waals surface area contributed by atoms with E-state index >= 15 is 0 Å². The molecule has 0 radical (unpaired) electrons. The van der Waals surface area contributed by atoms with Crippen LogP contribution in [0.1, 0.15) is 35.6 Å². The van der Waals surface area contributed by atoms with Gasteiger partial charge in [0, 0.05) is 11.8 Å². The molecule has 0 aromatic heterocycles. The number of aryl methyl sites for hydroxylation is 3. The summed E-state index contributed by atoms with van der Waals surface area (Å²) < 4.78 is 5.53. The number of nitrogens with zero attached hydrogens (tertiary/aromatic N) is 1. The van der Waals surface area contributed by atoms with Gasteiger partial charge in [0.1, 0.15) is 0 Å². The molecular formula is C19H23NO2. The van der Waals surface area contributed by atoms with E-state index in [0.29, 0.717) is 17.9 Å². The van der Waals surface area contributed by atoms with Crippen molar-refractivity contribution in [1.82, 2.24) is 0 Å². The van der Waals surface area contributed by atoms with Crippen LogP contribution >= 0.6 is 0 Å². The third-order valence-corrected chi connectivity index (χ3v) is 3.46. The van der Waals surface area contributed by atoms with Crippen molar-refractivity contribution in [1.29, 1.82) is 0 Å². The van der Waals surface area contributed by atoms with Gasteiger partial charge in [0.2, 0.25) is 0 Å². The molecule has 0 bridgehead atoms. The van der Waals surface area contributed by atoms with E-state index in [1.165, 1.54) is 5.56 Å². The minimum absolute atomic E-state index is 0.141. The van der Waals surface area contributed by atoms with Gasteiger partial charge in [-0.2, -0.15) is 0 Å². The molecule has 116 valence electrons. The number of rotatable bonds is 5. The maximum Gasteiger partial charge on any atom is 0.166 e. The highest BCUT2D eigenvalue weighted by Crippen LogP contribution is 2.30. The van der Waals surface area contributed by atoms with Gasteiger partial charge in [0.05, 0.1) is 12.3 Å². The highest BCUT2D eigenvalue weighted by Gasteiger charge is 2.07. The van der Waals surface area contributed by atoms with Gasteiger partial charge in [-0.15, -0.1) is 0 Å². The number of phenols is 1. The molecule has 2 aromatic rings. The summed E-state index contributed by atoms with van der Waals surface area (Å²) in [6, 6.07) is 9.68. The van der Waals surface area contributed by atoms with Crippen LogP contribution in [-0.2, 0) is 0 Å². The summed E-state index contributed by atoms with van der Waals surface area (Å²) in [5, 5.41) is 10.3. The molecule has 2 aromatic carbocycles. The zero-order valence-electron chi connectivity index (χ0n) is 13.7. The molecule has 0 aliphatic heterocycles. The number of phenolic OH excluding ortho intramolecular Hbond substituents is 1. The van der Waals surface area contributed by atoms with Crippen molar-refractivity contribution in [2.45, 2.75) is 34.1 Å². The quantitative estimate of drug-likeness (QED) is 0.801. The van der Waals surface area contributed by atoms with Gasteiger partial charge in [-0.1, -0.05) is 30.7 Å². The van der Waals surface area contributed by atoms with E-state index in [-0.39, 0.29) is 5.75 Å². The van der Waals surface area contributed by atoms with E-state index in [0.717, 1.165) is 23.2 Å². The van der Waals surface area contributed by atoms with Crippen LogP contribution in [0.2, 0.25) is 0 Å². The molecule has 0 spiro atoms. The van der Waals surface area contributed by atoms with Crippen molar-refractivity contribution in [3.8, 4) is 11.5 Å². The standard InChI is InChI=1S/C19H23NO2/c1-5-9-22-17-8-6-7-16(19(17)21)12-20-18-14(3)10-13(2)11-15(18)4/h6-8,10-12,21H,5,9H2,1-4H3/b20-12+. The van der Waals surface area contributed by atoms with Crippen LogP contribution < -0.4 is 4.74 Å². The first-order valence-corrected chi connectivity index (χ1v) is 7.59. The Labute approximate surface area is 132 Å². The zero-order chi connectivity index (χ0) is 16.1. The second-order valence-electron chi connectivity index (χ2n) is 5.55. The molecule has 1 N–H and O–H groups in total. The van der Waals surface area contributed by atoms with Crippen LogP contribution in [0.3, 0.4) is 0 Å². The monoisotopic (exact) mass is 297 g/mol. The van der Waals surface area contributed by atoms with Crippen LogP contribution in [0.4, 0.5) is 5.69 Å². The molecule has 0 unspecified atom stereocenters. The molecule has 0 fully saturated rings. The fourth-order valence-electron chi connectivity index (χ4n) is 2.48. The van der Waals surface area contributed by atoms with Crippen LogP contribution in [0.15, 0.2) is 35.3 Å². The predicted octanol–water partition coefficient (Wildman–Crippen LogP) is 4.86. The van der Waals surface area contributed by atoms with Gasteiger partial charge in [-0.25, -0.2) is 0 Å². The molecule has 3 nitrogen and oxygen atoms in total. The molecule has 2 rings (SSSR count). The molecule has 0 saturated carbocycles. The lowest BCUT2D eigenvalue weighted by atomic mass is 10.1. The van der Waals surface area contributed by atoms with Crippen LogP contribution in [0.5, 0.6) is 11.5 Å². The number of benzene rings is 2. The highest BCUT2D eigenvalue weighted by molar-refractivity contribution is 5.87. The summed E-state index contributed by atoms with van der Waals surface area (Å²) in [4.78, 5) is 4.56. The number of ether oxygens (including phenoxy) is 1. The first-order valence-electron chi connectivity index (χ1n) is 7.59. The number of hydrogen-bond acceptors (Lipinski definition) is 3. The molecule has 0 aliphatic rings. The fourth-order valence-corrected chi connectivity index (χ4v) is 2.48. The Bertz CT molecular complexity index is 667. The largest absolute Gasteiger partial charge is 0.504 e. The topological polar surface area (TPSA) is 41.8 Å². The Morgan fingerprint density at radius 1 is 1.14 bits per heavy atom. The van der Waals surface area contributed by atoms with E-state index < -0.39 is 0 Å².